The maximum absolute atomic E-state index is 13.1. The van der Waals surface area contributed by atoms with Crippen LogP contribution in [0.4, 0.5) is 0 Å². The number of imidazole rings is 1. The van der Waals surface area contributed by atoms with Crippen LogP contribution < -0.4 is 0 Å². The number of benzene rings is 2. The van der Waals surface area contributed by atoms with E-state index in [-0.39, 0.29) is 17.0 Å². The summed E-state index contributed by atoms with van der Waals surface area (Å²) < 4.78 is 60.3. The standard InChI is InChI=1S/C21H18N4O5S2/c1-31(26,27)19-15(20-23-17-6-2-3-7-18(17)24-20)5-4-10-21(19,32(28,29)30)14-8-9-16-13(11-14)12-22-25-16/h2-12,19H,1H3,(H,22,25)(H,23,24)(H,28,29,30). The van der Waals surface area contributed by atoms with Crippen LogP contribution in [0, 0.1) is 0 Å². The normalized spacial score (nSPS) is 21.8. The first kappa shape index (κ1) is 20.6. The zero-order valence-electron chi connectivity index (χ0n) is 16.7. The van der Waals surface area contributed by atoms with E-state index < -0.39 is 30.0 Å². The van der Waals surface area contributed by atoms with Crippen molar-refractivity contribution in [1.82, 2.24) is 20.2 Å². The number of sulfone groups is 1. The Hall–Kier alpha value is -3.28. The van der Waals surface area contributed by atoms with E-state index in [1.807, 2.05) is 0 Å². The summed E-state index contributed by atoms with van der Waals surface area (Å²) in [5.74, 6) is 0.211. The van der Waals surface area contributed by atoms with Crippen LogP contribution in [0.2, 0.25) is 0 Å². The molecule has 2 atom stereocenters. The Balaban J connectivity index is 1.82. The van der Waals surface area contributed by atoms with Gasteiger partial charge in [0.25, 0.3) is 10.1 Å². The SMILES string of the molecule is CS(=O)(=O)C1C(c2nc3ccccc3[nH]2)=CC=CC1(c1ccc2[nH]ncc2c1)S(=O)(=O)O. The first-order valence-electron chi connectivity index (χ1n) is 9.55. The lowest BCUT2D eigenvalue weighted by atomic mass is 9.85. The summed E-state index contributed by atoms with van der Waals surface area (Å²) in [5, 5.41) is 5.62. The molecule has 4 aromatic rings. The first-order valence-corrected chi connectivity index (χ1v) is 12.9. The second-order valence-electron chi connectivity index (χ2n) is 7.73. The van der Waals surface area contributed by atoms with Gasteiger partial charge in [0.05, 0.1) is 22.7 Å². The lowest BCUT2D eigenvalue weighted by molar-refractivity contribution is 0.447. The quantitative estimate of drug-likeness (QED) is 0.389. The van der Waals surface area contributed by atoms with Crippen molar-refractivity contribution in [3.8, 4) is 0 Å². The lowest BCUT2D eigenvalue weighted by Gasteiger charge is -2.37. The van der Waals surface area contributed by atoms with Crippen molar-refractivity contribution in [3.05, 3.63) is 78.3 Å². The van der Waals surface area contributed by atoms with Crippen LogP contribution >= 0.6 is 0 Å². The van der Waals surface area contributed by atoms with E-state index in [0.29, 0.717) is 21.9 Å². The zero-order valence-corrected chi connectivity index (χ0v) is 18.4. The highest BCUT2D eigenvalue weighted by atomic mass is 32.2. The molecule has 164 valence electrons. The summed E-state index contributed by atoms with van der Waals surface area (Å²) in [4.78, 5) is 7.53. The van der Waals surface area contributed by atoms with Gasteiger partial charge in [-0.15, -0.1) is 0 Å². The smallest absolute Gasteiger partial charge is 0.280 e. The summed E-state index contributed by atoms with van der Waals surface area (Å²) in [6, 6.07) is 11.7. The molecule has 0 aliphatic heterocycles. The molecule has 3 N–H and O–H groups in total. The third-order valence-electron chi connectivity index (χ3n) is 5.70. The number of aromatic nitrogens is 4. The van der Waals surface area contributed by atoms with Crippen LogP contribution in [-0.2, 0) is 24.7 Å². The fourth-order valence-electron chi connectivity index (χ4n) is 4.35. The highest BCUT2D eigenvalue weighted by molar-refractivity contribution is 7.94. The van der Waals surface area contributed by atoms with Crippen LogP contribution in [-0.4, -0.2) is 53.1 Å². The Labute approximate surface area is 183 Å². The molecule has 2 aromatic heterocycles. The Kier molecular flexibility index (Phi) is 4.42. The van der Waals surface area contributed by atoms with Gasteiger partial charge in [-0.05, 0) is 29.8 Å². The topological polar surface area (TPSA) is 146 Å². The minimum Gasteiger partial charge on any atom is -0.338 e. The van der Waals surface area contributed by atoms with Crippen molar-refractivity contribution in [2.24, 2.45) is 0 Å². The van der Waals surface area contributed by atoms with Gasteiger partial charge in [0.2, 0.25) is 0 Å². The van der Waals surface area contributed by atoms with Crippen molar-refractivity contribution in [2.75, 3.05) is 6.26 Å². The predicted molar refractivity (Wildman–Crippen MR) is 121 cm³/mol. The molecule has 5 rings (SSSR count). The highest BCUT2D eigenvalue weighted by Gasteiger charge is 2.57. The minimum absolute atomic E-state index is 0.0993. The Morgan fingerprint density at radius 3 is 2.56 bits per heavy atom. The molecule has 11 heteroatoms. The number of allylic oxidation sites excluding steroid dienone is 2. The molecule has 2 heterocycles. The highest BCUT2D eigenvalue weighted by Crippen LogP contribution is 2.46. The van der Waals surface area contributed by atoms with E-state index in [1.54, 1.807) is 30.3 Å². The molecule has 0 spiro atoms. The number of nitrogens with one attached hydrogen (secondary N) is 2. The number of nitrogens with zero attached hydrogens (tertiary/aromatic N) is 2. The summed E-state index contributed by atoms with van der Waals surface area (Å²) in [6.07, 6.45) is 6.58. The van der Waals surface area contributed by atoms with Gasteiger partial charge in [-0.2, -0.15) is 13.5 Å². The van der Waals surface area contributed by atoms with E-state index in [9.17, 15) is 21.4 Å². The van der Waals surface area contributed by atoms with Gasteiger partial charge in [0.15, 0.2) is 14.6 Å². The number of fused-ring (bicyclic) bond motifs is 2. The number of hydrogen-bond donors (Lipinski definition) is 3. The number of para-hydroxylation sites is 2. The molecule has 0 fully saturated rings. The Bertz CT molecular complexity index is 1610. The molecule has 32 heavy (non-hydrogen) atoms. The number of aromatic amines is 2. The van der Waals surface area contributed by atoms with Crippen LogP contribution in [0.15, 0.2) is 66.9 Å². The second kappa shape index (κ2) is 6.86. The van der Waals surface area contributed by atoms with E-state index >= 15 is 0 Å². The maximum atomic E-state index is 13.1. The van der Waals surface area contributed by atoms with Crippen LogP contribution in [0.25, 0.3) is 27.5 Å². The van der Waals surface area contributed by atoms with E-state index in [4.69, 9.17) is 0 Å². The molecule has 0 saturated heterocycles. The average molecular weight is 471 g/mol. The molecule has 0 amide bonds. The molecule has 0 bridgehead atoms. The third-order valence-corrected chi connectivity index (χ3v) is 8.79. The van der Waals surface area contributed by atoms with Gasteiger partial charge in [-0.3, -0.25) is 9.65 Å². The molecular formula is C21H18N4O5S2. The van der Waals surface area contributed by atoms with Crippen molar-refractivity contribution >= 4 is 47.5 Å². The first-order chi connectivity index (χ1) is 15.1. The maximum Gasteiger partial charge on any atom is 0.280 e. The summed E-state index contributed by atoms with van der Waals surface area (Å²) in [6.45, 7) is 0. The van der Waals surface area contributed by atoms with Crippen molar-refractivity contribution in [1.29, 1.82) is 0 Å². The van der Waals surface area contributed by atoms with E-state index in [1.165, 1.54) is 36.6 Å². The molecule has 1 aliphatic carbocycles. The van der Waals surface area contributed by atoms with Gasteiger partial charge in [0, 0.05) is 17.2 Å². The molecular weight excluding hydrogens is 452 g/mol. The lowest BCUT2D eigenvalue weighted by Crippen LogP contribution is -2.50. The fourth-order valence-corrected chi connectivity index (χ4v) is 7.81. The van der Waals surface area contributed by atoms with Gasteiger partial charge < -0.3 is 4.98 Å². The molecule has 1 aliphatic rings. The average Bonchev–Trinajstić information content (AvgIpc) is 3.37. The molecule has 0 saturated carbocycles. The van der Waals surface area contributed by atoms with Crippen LogP contribution in [0.5, 0.6) is 0 Å². The van der Waals surface area contributed by atoms with Crippen LogP contribution in [0.1, 0.15) is 11.4 Å². The molecule has 2 unspecified atom stereocenters. The Morgan fingerprint density at radius 2 is 1.84 bits per heavy atom. The number of hydrogen-bond acceptors (Lipinski definition) is 6. The van der Waals surface area contributed by atoms with Crippen LogP contribution in [0.3, 0.4) is 0 Å². The fraction of sp³-hybridized carbons (Fsp3) is 0.143. The van der Waals surface area contributed by atoms with Gasteiger partial charge in [-0.1, -0.05) is 36.4 Å². The second-order valence-corrected chi connectivity index (χ2v) is 11.5. The molecule has 2 aromatic carbocycles. The number of H-pyrrole nitrogens is 2. The van der Waals surface area contributed by atoms with Gasteiger partial charge in [0.1, 0.15) is 11.1 Å². The minimum atomic E-state index is -4.97. The Morgan fingerprint density at radius 1 is 1.06 bits per heavy atom. The third kappa shape index (κ3) is 3.00. The van der Waals surface area contributed by atoms with Gasteiger partial charge in [-0.25, -0.2) is 13.4 Å². The summed E-state index contributed by atoms with van der Waals surface area (Å²) >= 11 is 0. The van der Waals surface area contributed by atoms with E-state index in [0.717, 1.165) is 6.26 Å². The summed E-state index contributed by atoms with van der Waals surface area (Å²) in [7, 11) is -9.06. The molecule has 9 nitrogen and oxygen atoms in total. The number of rotatable bonds is 4. The zero-order chi connectivity index (χ0) is 22.7. The van der Waals surface area contributed by atoms with Crippen molar-refractivity contribution in [3.63, 3.8) is 0 Å². The van der Waals surface area contributed by atoms with Gasteiger partial charge >= 0.3 is 0 Å². The van der Waals surface area contributed by atoms with E-state index in [2.05, 4.69) is 20.2 Å². The largest absolute Gasteiger partial charge is 0.338 e. The van der Waals surface area contributed by atoms with Crippen molar-refractivity contribution in [2.45, 2.75) is 10.00 Å². The predicted octanol–water partition coefficient (Wildman–Crippen LogP) is 2.59. The van der Waals surface area contributed by atoms with Crippen molar-refractivity contribution < 1.29 is 21.4 Å². The molecule has 0 radical (unpaired) electrons. The monoisotopic (exact) mass is 470 g/mol. The summed E-state index contributed by atoms with van der Waals surface area (Å²) in [5.41, 5.74) is 2.14.